The summed E-state index contributed by atoms with van der Waals surface area (Å²) >= 11 is 1.72. The van der Waals surface area contributed by atoms with Crippen molar-refractivity contribution < 1.29 is 0 Å². The van der Waals surface area contributed by atoms with Gasteiger partial charge in [0.15, 0.2) is 5.96 Å². The van der Waals surface area contributed by atoms with Crippen LogP contribution in [-0.2, 0) is 6.54 Å². The molecule has 0 fully saturated rings. The number of aliphatic imine (C=N–C) groups is 1. The van der Waals surface area contributed by atoms with Crippen LogP contribution in [0.3, 0.4) is 0 Å². The third-order valence-corrected chi connectivity index (χ3v) is 3.19. The summed E-state index contributed by atoms with van der Waals surface area (Å²) in [5, 5.41) is 7.45. The molecule has 0 aliphatic rings. The van der Waals surface area contributed by atoms with Crippen LogP contribution in [0.1, 0.15) is 29.4 Å². The molecule has 16 heavy (non-hydrogen) atoms. The standard InChI is InChI=1S/C11H20N4S/c1-5-12-11(13-6-2)14-7-10-15-8(3)9(4)16-10/h5-7H2,1-4H3,(H2,12,13,14). The first-order valence-corrected chi connectivity index (χ1v) is 6.44. The number of guanidine groups is 1. The van der Waals surface area contributed by atoms with Crippen LogP contribution in [0.5, 0.6) is 0 Å². The van der Waals surface area contributed by atoms with Gasteiger partial charge in [0, 0.05) is 18.0 Å². The van der Waals surface area contributed by atoms with Gasteiger partial charge in [-0.2, -0.15) is 0 Å². The quantitative estimate of drug-likeness (QED) is 0.623. The summed E-state index contributed by atoms with van der Waals surface area (Å²) in [5.74, 6) is 0.857. The number of thiazole rings is 1. The van der Waals surface area contributed by atoms with Crippen molar-refractivity contribution in [2.45, 2.75) is 34.2 Å². The smallest absolute Gasteiger partial charge is 0.191 e. The van der Waals surface area contributed by atoms with E-state index in [0.717, 1.165) is 29.8 Å². The third kappa shape index (κ3) is 3.81. The minimum atomic E-state index is 0.648. The minimum absolute atomic E-state index is 0.648. The number of nitrogens with one attached hydrogen (secondary N) is 2. The highest BCUT2D eigenvalue weighted by Gasteiger charge is 2.03. The SMILES string of the molecule is CCNC(=NCc1nc(C)c(C)s1)NCC. The Bertz CT molecular complexity index is 329. The monoisotopic (exact) mass is 240 g/mol. The maximum Gasteiger partial charge on any atom is 0.191 e. The second-order valence-corrected chi connectivity index (χ2v) is 4.76. The van der Waals surface area contributed by atoms with Gasteiger partial charge in [0.25, 0.3) is 0 Å². The Hall–Kier alpha value is -1.10. The fraction of sp³-hybridized carbons (Fsp3) is 0.636. The van der Waals surface area contributed by atoms with E-state index >= 15 is 0 Å². The highest BCUT2D eigenvalue weighted by atomic mass is 32.1. The topological polar surface area (TPSA) is 49.3 Å². The number of aryl methyl sites for hydroxylation is 2. The lowest BCUT2D eigenvalue weighted by Gasteiger charge is -2.08. The first-order valence-electron chi connectivity index (χ1n) is 5.62. The fourth-order valence-corrected chi connectivity index (χ4v) is 2.12. The van der Waals surface area contributed by atoms with Gasteiger partial charge in [0.2, 0.25) is 0 Å². The van der Waals surface area contributed by atoms with Crippen LogP contribution in [0, 0.1) is 13.8 Å². The molecule has 0 atom stereocenters. The van der Waals surface area contributed by atoms with Crippen molar-refractivity contribution in [1.29, 1.82) is 0 Å². The van der Waals surface area contributed by atoms with E-state index < -0.39 is 0 Å². The van der Waals surface area contributed by atoms with Crippen LogP contribution in [0.4, 0.5) is 0 Å². The van der Waals surface area contributed by atoms with Gasteiger partial charge in [-0.05, 0) is 27.7 Å². The van der Waals surface area contributed by atoms with E-state index in [1.807, 2.05) is 6.92 Å². The maximum atomic E-state index is 4.47. The molecule has 1 rings (SSSR count). The third-order valence-electron chi connectivity index (χ3n) is 2.13. The molecule has 0 aliphatic heterocycles. The molecule has 5 heteroatoms. The van der Waals surface area contributed by atoms with Crippen molar-refractivity contribution in [2.75, 3.05) is 13.1 Å². The Kier molecular flexibility index (Phi) is 5.25. The van der Waals surface area contributed by atoms with Crippen molar-refractivity contribution in [3.63, 3.8) is 0 Å². The van der Waals surface area contributed by atoms with Gasteiger partial charge in [0.05, 0.1) is 12.2 Å². The Labute approximate surface area is 101 Å². The van der Waals surface area contributed by atoms with E-state index in [0.29, 0.717) is 6.54 Å². The Balaban J connectivity index is 2.61. The summed E-state index contributed by atoms with van der Waals surface area (Å²) in [4.78, 5) is 10.2. The summed E-state index contributed by atoms with van der Waals surface area (Å²) in [6.45, 7) is 10.7. The van der Waals surface area contributed by atoms with Crippen molar-refractivity contribution in [1.82, 2.24) is 15.6 Å². The van der Waals surface area contributed by atoms with Gasteiger partial charge in [-0.15, -0.1) is 11.3 Å². The largest absolute Gasteiger partial charge is 0.357 e. The Morgan fingerprint density at radius 3 is 2.31 bits per heavy atom. The van der Waals surface area contributed by atoms with E-state index in [1.165, 1.54) is 4.88 Å². The van der Waals surface area contributed by atoms with Gasteiger partial charge in [0.1, 0.15) is 5.01 Å². The lowest BCUT2D eigenvalue weighted by atomic mass is 10.4. The molecule has 0 spiro atoms. The summed E-state index contributed by atoms with van der Waals surface area (Å²) in [7, 11) is 0. The predicted molar refractivity (Wildman–Crippen MR) is 70.1 cm³/mol. The molecule has 1 aromatic heterocycles. The molecule has 0 unspecified atom stereocenters. The molecule has 2 N–H and O–H groups in total. The van der Waals surface area contributed by atoms with Crippen LogP contribution in [0.15, 0.2) is 4.99 Å². The fourth-order valence-electron chi connectivity index (χ4n) is 1.26. The van der Waals surface area contributed by atoms with Crippen molar-refractivity contribution in [2.24, 2.45) is 4.99 Å². The van der Waals surface area contributed by atoms with Crippen molar-refractivity contribution in [3.8, 4) is 0 Å². The first kappa shape index (κ1) is 13.0. The maximum absolute atomic E-state index is 4.47. The van der Waals surface area contributed by atoms with E-state index in [2.05, 4.69) is 41.4 Å². The Morgan fingerprint density at radius 2 is 1.88 bits per heavy atom. The molecular formula is C11H20N4S. The lowest BCUT2D eigenvalue weighted by molar-refractivity contribution is 0.837. The van der Waals surface area contributed by atoms with Gasteiger partial charge < -0.3 is 10.6 Å². The van der Waals surface area contributed by atoms with Gasteiger partial charge in [-0.1, -0.05) is 0 Å². The number of nitrogens with zero attached hydrogens (tertiary/aromatic N) is 2. The highest BCUT2D eigenvalue weighted by Crippen LogP contribution is 2.16. The normalized spacial score (nSPS) is 10.0. The summed E-state index contributed by atoms with van der Waals surface area (Å²) < 4.78 is 0. The van der Waals surface area contributed by atoms with E-state index in [9.17, 15) is 0 Å². The van der Waals surface area contributed by atoms with Gasteiger partial charge in [-0.25, -0.2) is 9.98 Å². The second kappa shape index (κ2) is 6.48. The molecule has 0 saturated heterocycles. The summed E-state index contributed by atoms with van der Waals surface area (Å²) in [5.41, 5.74) is 1.11. The zero-order chi connectivity index (χ0) is 12.0. The van der Waals surface area contributed by atoms with Gasteiger partial charge >= 0.3 is 0 Å². The van der Waals surface area contributed by atoms with E-state index in [1.54, 1.807) is 11.3 Å². The molecule has 0 saturated carbocycles. The summed E-state index contributed by atoms with van der Waals surface area (Å²) in [6.07, 6.45) is 0. The minimum Gasteiger partial charge on any atom is -0.357 e. The van der Waals surface area contributed by atoms with Crippen molar-refractivity contribution in [3.05, 3.63) is 15.6 Å². The van der Waals surface area contributed by atoms with Crippen LogP contribution < -0.4 is 10.6 Å². The van der Waals surface area contributed by atoms with Crippen LogP contribution in [0.25, 0.3) is 0 Å². The zero-order valence-electron chi connectivity index (χ0n) is 10.4. The van der Waals surface area contributed by atoms with E-state index in [4.69, 9.17) is 0 Å². The number of aromatic nitrogens is 1. The molecule has 0 bridgehead atoms. The van der Waals surface area contributed by atoms with E-state index in [-0.39, 0.29) is 0 Å². The molecule has 0 aromatic carbocycles. The average Bonchev–Trinajstić information content (AvgIpc) is 2.56. The van der Waals surface area contributed by atoms with Crippen molar-refractivity contribution >= 4 is 17.3 Å². The molecule has 0 radical (unpaired) electrons. The predicted octanol–water partition coefficient (Wildman–Crippen LogP) is 1.83. The summed E-state index contributed by atoms with van der Waals surface area (Å²) in [6, 6.07) is 0. The lowest BCUT2D eigenvalue weighted by Crippen LogP contribution is -2.36. The molecule has 0 amide bonds. The highest BCUT2D eigenvalue weighted by molar-refractivity contribution is 7.11. The van der Waals surface area contributed by atoms with Crippen LogP contribution in [0.2, 0.25) is 0 Å². The molecule has 4 nitrogen and oxygen atoms in total. The molecular weight excluding hydrogens is 220 g/mol. The van der Waals surface area contributed by atoms with Crippen LogP contribution >= 0.6 is 11.3 Å². The number of hydrogen-bond acceptors (Lipinski definition) is 3. The molecule has 1 heterocycles. The average molecular weight is 240 g/mol. The van der Waals surface area contributed by atoms with Gasteiger partial charge in [-0.3, -0.25) is 0 Å². The zero-order valence-corrected chi connectivity index (χ0v) is 11.2. The molecule has 90 valence electrons. The number of hydrogen-bond donors (Lipinski definition) is 2. The second-order valence-electron chi connectivity index (χ2n) is 3.47. The molecule has 1 aromatic rings. The van der Waals surface area contributed by atoms with Crippen LogP contribution in [-0.4, -0.2) is 24.0 Å². The molecule has 0 aliphatic carbocycles. The first-order chi connectivity index (χ1) is 7.67. The number of rotatable bonds is 4. The Morgan fingerprint density at radius 1 is 1.25 bits per heavy atom.